The van der Waals surface area contributed by atoms with Crippen molar-refractivity contribution in [1.29, 1.82) is 0 Å². The number of hydrogen-bond donors (Lipinski definition) is 0. The maximum absolute atomic E-state index is 13.1. The minimum absolute atomic E-state index is 0.0452. The van der Waals surface area contributed by atoms with Crippen molar-refractivity contribution < 1.29 is 9.53 Å². The van der Waals surface area contributed by atoms with Crippen molar-refractivity contribution in [2.75, 3.05) is 13.2 Å². The molecule has 4 rings (SSSR count). The lowest BCUT2D eigenvalue weighted by Crippen LogP contribution is -2.29. The van der Waals surface area contributed by atoms with Crippen molar-refractivity contribution in [3.63, 3.8) is 0 Å². The van der Waals surface area contributed by atoms with E-state index in [-0.39, 0.29) is 18.6 Å². The third-order valence-corrected chi connectivity index (χ3v) is 5.72. The van der Waals surface area contributed by atoms with Crippen LogP contribution in [0.4, 0.5) is 0 Å². The Morgan fingerprint density at radius 3 is 2.45 bits per heavy atom. The quantitative estimate of drug-likeness (QED) is 0.322. The van der Waals surface area contributed by atoms with E-state index in [9.17, 15) is 4.79 Å². The Labute approximate surface area is 199 Å². The van der Waals surface area contributed by atoms with Gasteiger partial charge in [0.05, 0.1) is 12.3 Å². The second-order valence-electron chi connectivity index (χ2n) is 7.86. The molecule has 1 fully saturated rings. The average Bonchev–Trinajstić information content (AvgIpc) is 3.13. The molecule has 3 aromatic rings. The van der Waals surface area contributed by atoms with Crippen LogP contribution in [0.5, 0.6) is 5.75 Å². The van der Waals surface area contributed by atoms with Crippen LogP contribution in [0.25, 0.3) is 0 Å². The zero-order chi connectivity index (χ0) is 23.2. The predicted molar refractivity (Wildman–Crippen MR) is 132 cm³/mol. The smallest absolute Gasteiger partial charge is 0.258 e. The van der Waals surface area contributed by atoms with Gasteiger partial charge in [-0.15, -0.1) is 0 Å². The number of benzene rings is 3. The highest BCUT2D eigenvalue weighted by atomic mass is 35.5. The molecule has 0 spiro atoms. The summed E-state index contributed by atoms with van der Waals surface area (Å²) in [5.74, 6) is 0.709. The fraction of sp³-hybridized carbons (Fsp3) is 0.185. The summed E-state index contributed by atoms with van der Waals surface area (Å²) in [6.45, 7) is 6.95. The summed E-state index contributed by atoms with van der Waals surface area (Å²) < 4.78 is 5.62. The topological polar surface area (TPSA) is 45.1 Å². The van der Waals surface area contributed by atoms with Crippen LogP contribution < -0.4 is 4.74 Å². The van der Waals surface area contributed by atoms with Gasteiger partial charge in [-0.1, -0.05) is 78.9 Å². The molecule has 0 radical (unpaired) electrons. The SMILES string of the molecule is C=CCOc1ccc([C@H]2N(Cc3ccccc3)CC(=O)N2/N=C(/C)c2ccc(Cl)cc2)cc1. The van der Waals surface area contributed by atoms with Crippen molar-refractivity contribution in [1.82, 2.24) is 9.91 Å². The van der Waals surface area contributed by atoms with Crippen molar-refractivity contribution in [2.24, 2.45) is 5.10 Å². The van der Waals surface area contributed by atoms with Crippen molar-refractivity contribution in [3.8, 4) is 5.75 Å². The molecule has 0 saturated carbocycles. The summed E-state index contributed by atoms with van der Waals surface area (Å²) in [6.07, 6.45) is 1.38. The molecule has 0 aliphatic carbocycles. The first-order valence-corrected chi connectivity index (χ1v) is 11.2. The maximum Gasteiger partial charge on any atom is 0.258 e. The number of nitrogens with zero attached hydrogens (tertiary/aromatic N) is 3. The number of halogens is 1. The molecule has 6 heteroatoms. The highest BCUT2D eigenvalue weighted by Crippen LogP contribution is 2.34. The second kappa shape index (κ2) is 10.5. The Balaban J connectivity index is 1.67. The Bertz CT molecular complexity index is 1130. The molecule has 0 unspecified atom stereocenters. The van der Waals surface area contributed by atoms with Gasteiger partial charge in [0.1, 0.15) is 18.5 Å². The molecular formula is C27H26ClN3O2. The summed E-state index contributed by atoms with van der Waals surface area (Å²) >= 11 is 6.03. The van der Waals surface area contributed by atoms with Crippen LogP contribution in [-0.2, 0) is 11.3 Å². The van der Waals surface area contributed by atoms with Crippen LogP contribution in [0.2, 0.25) is 5.02 Å². The summed E-state index contributed by atoms with van der Waals surface area (Å²) in [5, 5.41) is 7.00. The number of amides is 1. The van der Waals surface area contributed by atoms with Gasteiger partial charge in [0.25, 0.3) is 5.91 Å². The van der Waals surface area contributed by atoms with Gasteiger partial charge >= 0.3 is 0 Å². The highest BCUT2D eigenvalue weighted by Gasteiger charge is 2.39. The van der Waals surface area contributed by atoms with Crippen LogP contribution in [0.15, 0.2) is 96.6 Å². The van der Waals surface area contributed by atoms with Crippen molar-refractivity contribution in [2.45, 2.75) is 19.6 Å². The summed E-state index contributed by atoms with van der Waals surface area (Å²) in [7, 11) is 0. The van der Waals surface area contributed by atoms with Crippen molar-refractivity contribution >= 4 is 23.2 Å². The van der Waals surface area contributed by atoms with Crippen LogP contribution in [0.3, 0.4) is 0 Å². The first-order valence-electron chi connectivity index (χ1n) is 10.8. The van der Waals surface area contributed by atoms with E-state index in [1.165, 1.54) is 0 Å². The zero-order valence-corrected chi connectivity index (χ0v) is 19.3. The lowest BCUT2D eigenvalue weighted by atomic mass is 10.1. The molecular weight excluding hydrogens is 434 g/mol. The average molecular weight is 460 g/mol. The summed E-state index contributed by atoms with van der Waals surface area (Å²) in [5.41, 5.74) is 3.77. The van der Waals surface area contributed by atoms with Crippen LogP contribution >= 0.6 is 11.6 Å². The molecule has 5 nitrogen and oxygen atoms in total. The monoisotopic (exact) mass is 459 g/mol. The molecule has 0 N–H and O–H groups in total. The maximum atomic E-state index is 13.1. The molecule has 1 aliphatic heterocycles. The molecule has 1 heterocycles. The number of rotatable bonds is 8. The van der Waals surface area contributed by atoms with Crippen LogP contribution in [-0.4, -0.2) is 34.7 Å². The van der Waals surface area contributed by atoms with E-state index in [1.54, 1.807) is 11.1 Å². The largest absolute Gasteiger partial charge is 0.490 e. The zero-order valence-electron chi connectivity index (χ0n) is 18.5. The third kappa shape index (κ3) is 5.51. The van der Waals surface area contributed by atoms with E-state index < -0.39 is 0 Å². The Morgan fingerprint density at radius 1 is 1.09 bits per heavy atom. The fourth-order valence-electron chi connectivity index (χ4n) is 3.85. The predicted octanol–water partition coefficient (Wildman–Crippen LogP) is 5.67. The molecule has 0 aromatic heterocycles. The van der Waals surface area contributed by atoms with Gasteiger partial charge < -0.3 is 4.74 Å². The van der Waals surface area contributed by atoms with Gasteiger partial charge in [0.2, 0.25) is 0 Å². The van der Waals surface area contributed by atoms with E-state index in [2.05, 4.69) is 23.6 Å². The van der Waals surface area contributed by atoms with Gasteiger partial charge in [-0.3, -0.25) is 9.69 Å². The van der Waals surface area contributed by atoms with Gasteiger partial charge in [-0.05, 0) is 47.9 Å². The molecule has 0 bridgehead atoms. The Hall–Kier alpha value is -3.41. The molecule has 1 saturated heterocycles. The van der Waals surface area contributed by atoms with E-state index in [1.807, 2.05) is 73.7 Å². The molecule has 33 heavy (non-hydrogen) atoms. The molecule has 168 valence electrons. The van der Waals surface area contributed by atoms with Crippen molar-refractivity contribution in [3.05, 3.63) is 113 Å². The second-order valence-corrected chi connectivity index (χ2v) is 8.30. The molecule has 1 atom stereocenters. The van der Waals surface area contributed by atoms with E-state index in [0.29, 0.717) is 18.2 Å². The van der Waals surface area contributed by atoms with Gasteiger partial charge in [0, 0.05) is 11.6 Å². The summed E-state index contributed by atoms with van der Waals surface area (Å²) in [4.78, 5) is 15.2. The number of ether oxygens (including phenoxy) is 1. The van der Waals surface area contributed by atoms with Gasteiger partial charge in [-0.25, -0.2) is 5.01 Å². The minimum atomic E-state index is -0.326. The third-order valence-electron chi connectivity index (χ3n) is 5.47. The van der Waals surface area contributed by atoms with Gasteiger partial charge in [-0.2, -0.15) is 5.10 Å². The number of carbonyl (C=O) groups excluding carboxylic acids is 1. The minimum Gasteiger partial charge on any atom is -0.490 e. The highest BCUT2D eigenvalue weighted by molar-refractivity contribution is 6.30. The number of hydrogen-bond acceptors (Lipinski definition) is 4. The fourth-order valence-corrected chi connectivity index (χ4v) is 3.97. The van der Waals surface area contributed by atoms with E-state index in [0.717, 1.165) is 28.2 Å². The molecule has 1 aliphatic rings. The van der Waals surface area contributed by atoms with Gasteiger partial charge in [0.15, 0.2) is 0 Å². The molecule has 1 amide bonds. The number of carbonyl (C=O) groups is 1. The van der Waals surface area contributed by atoms with Crippen LogP contribution in [0.1, 0.15) is 29.8 Å². The van der Waals surface area contributed by atoms with E-state index in [4.69, 9.17) is 21.4 Å². The standard InChI is InChI=1S/C27H26ClN3O2/c1-3-17-33-25-15-11-23(12-16-25)27-30(18-21-7-5-4-6-8-21)19-26(32)31(27)29-20(2)22-9-13-24(28)14-10-22/h3-16,27H,1,17-19H2,2H3/b29-20-/t27-/m0/s1. The molecule has 3 aromatic carbocycles. The lowest BCUT2D eigenvalue weighted by molar-refractivity contribution is -0.128. The number of hydrazone groups is 1. The summed E-state index contributed by atoms with van der Waals surface area (Å²) in [6, 6.07) is 25.4. The Morgan fingerprint density at radius 2 is 1.79 bits per heavy atom. The first-order chi connectivity index (χ1) is 16.0. The lowest BCUT2D eigenvalue weighted by Gasteiger charge is -2.28. The first kappa shape index (κ1) is 22.8. The van der Waals surface area contributed by atoms with E-state index >= 15 is 0 Å². The van der Waals surface area contributed by atoms with Crippen LogP contribution in [0, 0.1) is 0 Å². The normalized spacial score (nSPS) is 16.8. The Kier molecular flexibility index (Phi) is 7.23.